The molecule has 1 aliphatic heterocycles. The summed E-state index contributed by atoms with van der Waals surface area (Å²) in [6.07, 6.45) is 1.93. The lowest BCUT2D eigenvalue weighted by Crippen LogP contribution is -2.48. The molecule has 4 rings (SSSR count). The van der Waals surface area contributed by atoms with Crippen LogP contribution in [0.5, 0.6) is 0 Å². The topological polar surface area (TPSA) is 93.4 Å². The zero-order valence-electron chi connectivity index (χ0n) is 16.6. The van der Waals surface area contributed by atoms with Crippen LogP contribution in [0.3, 0.4) is 0 Å². The number of aryl methyl sites for hydroxylation is 1. The number of ether oxygens (including phenoxy) is 1. The van der Waals surface area contributed by atoms with Gasteiger partial charge in [-0.1, -0.05) is 0 Å². The lowest BCUT2D eigenvalue weighted by atomic mass is 10.2. The highest BCUT2D eigenvalue weighted by atomic mass is 32.1. The second-order valence-electron chi connectivity index (χ2n) is 7.21. The van der Waals surface area contributed by atoms with Gasteiger partial charge in [0.15, 0.2) is 11.6 Å². The molecule has 0 radical (unpaired) electrons. The second-order valence-corrected chi connectivity index (χ2v) is 8.10. The summed E-state index contributed by atoms with van der Waals surface area (Å²) in [5, 5.41) is 5.54. The summed E-state index contributed by atoms with van der Waals surface area (Å²) >= 11 is 1.47. The van der Waals surface area contributed by atoms with Gasteiger partial charge in [0.1, 0.15) is 22.3 Å². The number of hydrogen-bond acceptors (Lipinski definition) is 8. The number of aromatic nitrogens is 3. The monoisotopic (exact) mass is 413 g/mol. The smallest absolute Gasteiger partial charge is 0.239 e. The highest BCUT2D eigenvalue weighted by Gasteiger charge is 2.24. The Balaban J connectivity index is 1.56. The zero-order chi connectivity index (χ0) is 20.4. The third-order valence-electron chi connectivity index (χ3n) is 4.47. The van der Waals surface area contributed by atoms with Crippen LogP contribution in [0.1, 0.15) is 19.6 Å². The van der Waals surface area contributed by atoms with E-state index in [4.69, 9.17) is 9.15 Å². The summed E-state index contributed by atoms with van der Waals surface area (Å²) in [6, 6.07) is 5.41. The van der Waals surface area contributed by atoms with Crippen LogP contribution in [0.25, 0.3) is 22.3 Å². The van der Waals surface area contributed by atoms with E-state index in [9.17, 15) is 4.79 Å². The number of furan rings is 1. The van der Waals surface area contributed by atoms with Crippen LogP contribution in [-0.4, -0.2) is 57.6 Å². The minimum Gasteiger partial charge on any atom is -0.458 e. The van der Waals surface area contributed by atoms with Crippen LogP contribution in [0.4, 0.5) is 5.82 Å². The fourth-order valence-corrected chi connectivity index (χ4v) is 4.03. The number of carbonyl (C=O) groups excluding carboxylic acids is 1. The predicted molar refractivity (Wildman–Crippen MR) is 111 cm³/mol. The van der Waals surface area contributed by atoms with Crippen molar-refractivity contribution >= 4 is 23.1 Å². The summed E-state index contributed by atoms with van der Waals surface area (Å²) in [6.45, 7) is 7.63. The number of nitrogens with zero attached hydrogens (tertiary/aromatic N) is 4. The number of carbonyl (C=O) groups is 1. The van der Waals surface area contributed by atoms with E-state index in [0.717, 1.165) is 23.9 Å². The largest absolute Gasteiger partial charge is 0.458 e. The molecule has 0 saturated carbocycles. The van der Waals surface area contributed by atoms with Crippen molar-refractivity contribution in [3.05, 3.63) is 35.5 Å². The first-order valence-electron chi connectivity index (χ1n) is 9.49. The van der Waals surface area contributed by atoms with E-state index in [-0.39, 0.29) is 24.7 Å². The number of nitrogens with one attached hydrogen (secondary N) is 1. The molecule has 3 aromatic heterocycles. The molecule has 8 nitrogen and oxygen atoms in total. The fourth-order valence-electron chi connectivity index (χ4n) is 3.43. The SMILES string of the molecule is Cc1ccc(-c2nc(NC(=O)CN3CC(C)OC(C)C3)cc(-c3nccs3)n2)o1. The van der Waals surface area contributed by atoms with Gasteiger partial charge in [-0.3, -0.25) is 9.69 Å². The fraction of sp³-hybridized carbons (Fsp3) is 0.400. The maximum absolute atomic E-state index is 12.7. The van der Waals surface area contributed by atoms with E-state index in [1.165, 1.54) is 11.3 Å². The summed E-state index contributed by atoms with van der Waals surface area (Å²) in [5.74, 6) is 2.02. The molecular weight excluding hydrogens is 390 g/mol. The van der Waals surface area contributed by atoms with Crippen LogP contribution in [0, 0.1) is 6.92 Å². The number of anilines is 1. The van der Waals surface area contributed by atoms with E-state index in [1.807, 2.05) is 38.3 Å². The van der Waals surface area contributed by atoms with Crippen molar-refractivity contribution in [2.75, 3.05) is 25.0 Å². The van der Waals surface area contributed by atoms with Gasteiger partial charge >= 0.3 is 0 Å². The highest BCUT2D eigenvalue weighted by Crippen LogP contribution is 2.26. The van der Waals surface area contributed by atoms with Gasteiger partial charge in [0, 0.05) is 30.7 Å². The number of amides is 1. The van der Waals surface area contributed by atoms with Crippen molar-refractivity contribution in [3.8, 4) is 22.3 Å². The number of rotatable bonds is 5. The maximum Gasteiger partial charge on any atom is 0.239 e. The van der Waals surface area contributed by atoms with E-state index in [1.54, 1.807) is 12.3 Å². The van der Waals surface area contributed by atoms with Crippen LogP contribution < -0.4 is 5.32 Å². The van der Waals surface area contributed by atoms with Crippen molar-refractivity contribution in [1.82, 2.24) is 19.9 Å². The van der Waals surface area contributed by atoms with E-state index in [2.05, 4.69) is 25.2 Å². The Kier molecular flexibility index (Phi) is 5.70. The van der Waals surface area contributed by atoms with Crippen molar-refractivity contribution in [3.63, 3.8) is 0 Å². The van der Waals surface area contributed by atoms with Crippen LogP contribution in [0.15, 0.2) is 34.2 Å². The van der Waals surface area contributed by atoms with Gasteiger partial charge in [0.2, 0.25) is 5.91 Å². The third kappa shape index (κ3) is 4.87. The molecule has 0 bridgehead atoms. The zero-order valence-corrected chi connectivity index (χ0v) is 17.4. The van der Waals surface area contributed by atoms with Crippen LogP contribution >= 0.6 is 11.3 Å². The quantitative estimate of drug-likeness (QED) is 0.686. The van der Waals surface area contributed by atoms with Gasteiger partial charge in [0.05, 0.1) is 18.8 Å². The molecule has 1 amide bonds. The van der Waals surface area contributed by atoms with Crippen molar-refractivity contribution < 1.29 is 13.9 Å². The average molecular weight is 414 g/mol. The molecular formula is C20H23N5O3S. The molecule has 0 aromatic carbocycles. The Morgan fingerprint density at radius 2 is 2.07 bits per heavy atom. The van der Waals surface area contributed by atoms with Crippen molar-refractivity contribution in [2.45, 2.75) is 33.0 Å². The molecule has 1 saturated heterocycles. The maximum atomic E-state index is 12.7. The van der Waals surface area contributed by atoms with E-state index < -0.39 is 0 Å². The van der Waals surface area contributed by atoms with Crippen LogP contribution in [0.2, 0.25) is 0 Å². The Bertz CT molecular complexity index is 978. The Labute approximate surface area is 173 Å². The Hall–Kier alpha value is -2.62. The molecule has 0 spiro atoms. The molecule has 29 heavy (non-hydrogen) atoms. The molecule has 2 atom stereocenters. The molecule has 4 heterocycles. The number of thiazole rings is 1. The summed E-state index contributed by atoms with van der Waals surface area (Å²) < 4.78 is 11.4. The van der Waals surface area contributed by atoms with Gasteiger partial charge in [-0.15, -0.1) is 11.3 Å². The average Bonchev–Trinajstić information content (AvgIpc) is 3.32. The molecule has 1 aliphatic rings. The van der Waals surface area contributed by atoms with Crippen molar-refractivity contribution in [2.24, 2.45) is 0 Å². The molecule has 1 fully saturated rings. The first kappa shape index (κ1) is 19.7. The van der Waals surface area contributed by atoms with E-state index >= 15 is 0 Å². The van der Waals surface area contributed by atoms with Gasteiger partial charge in [-0.2, -0.15) is 0 Å². The molecule has 152 valence electrons. The lowest BCUT2D eigenvalue weighted by molar-refractivity contribution is -0.121. The summed E-state index contributed by atoms with van der Waals surface area (Å²) in [4.78, 5) is 28.1. The third-order valence-corrected chi connectivity index (χ3v) is 5.26. The number of hydrogen-bond donors (Lipinski definition) is 1. The molecule has 1 N–H and O–H groups in total. The first-order valence-corrected chi connectivity index (χ1v) is 10.4. The van der Waals surface area contributed by atoms with Gasteiger partial charge in [-0.25, -0.2) is 15.0 Å². The lowest BCUT2D eigenvalue weighted by Gasteiger charge is -2.34. The molecule has 2 unspecified atom stereocenters. The van der Waals surface area contributed by atoms with Crippen molar-refractivity contribution in [1.29, 1.82) is 0 Å². The first-order chi connectivity index (χ1) is 14.0. The van der Waals surface area contributed by atoms with Gasteiger partial charge in [-0.05, 0) is 32.9 Å². The molecule has 9 heteroatoms. The number of morpholine rings is 1. The molecule has 0 aliphatic carbocycles. The standard InChI is InChI=1S/C20H23N5O3S/c1-12-4-5-16(28-12)19-22-15(20-21-6-7-29-20)8-17(24-19)23-18(26)11-25-9-13(2)27-14(3)10-25/h4-8,13-14H,9-11H2,1-3H3,(H,22,23,24,26). The normalized spacial score (nSPS) is 20.0. The van der Waals surface area contributed by atoms with E-state index in [0.29, 0.717) is 23.1 Å². The second kappa shape index (κ2) is 8.40. The van der Waals surface area contributed by atoms with Gasteiger partial charge in [0.25, 0.3) is 0 Å². The predicted octanol–water partition coefficient (Wildman–Crippen LogP) is 3.22. The summed E-state index contributed by atoms with van der Waals surface area (Å²) in [5.41, 5.74) is 0.642. The Morgan fingerprint density at radius 3 is 2.72 bits per heavy atom. The van der Waals surface area contributed by atoms with Gasteiger partial charge < -0.3 is 14.5 Å². The minimum atomic E-state index is -0.128. The molecule has 3 aromatic rings. The van der Waals surface area contributed by atoms with Crippen LogP contribution in [-0.2, 0) is 9.53 Å². The Morgan fingerprint density at radius 1 is 1.28 bits per heavy atom. The summed E-state index contributed by atoms with van der Waals surface area (Å²) in [7, 11) is 0. The minimum absolute atomic E-state index is 0.107. The highest BCUT2D eigenvalue weighted by molar-refractivity contribution is 7.13.